The molecule has 1 aromatic carbocycles. The van der Waals surface area contributed by atoms with E-state index in [1.54, 1.807) is 0 Å². The van der Waals surface area contributed by atoms with Crippen molar-refractivity contribution in [1.29, 1.82) is 0 Å². The van der Waals surface area contributed by atoms with Crippen molar-refractivity contribution in [3.63, 3.8) is 0 Å². The van der Waals surface area contributed by atoms with Crippen LogP contribution in [0.15, 0.2) is 48.7 Å². The molecule has 0 radical (unpaired) electrons. The van der Waals surface area contributed by atoms with Gasteiger partial charge in [0.2, 0.25) is 0 Å². The van der Waals surface area contributed by atoms with E-state index in [1.165, 1.54) is 22.2 Å². The zero-order valence-electron chi connectivity index (χ0n) is 12.9. The third-order valence-corrected chi connectivity index (χ3v) is 3.94. The van der Waals surface area contributed by atoms with Gasteiger partial charge in [0.15, 0.2) is 0 Å². The lowest BCUT2D eigenvalue weighted by Crippen LogP contribution is -2.05. The molecule has 1 atom stereocenters. The standard InChI is InChI=1S/C19H22N2/c1-13(2)10-17(15-7-4-6-14(3)11-15)18-12-16-8-5-9-20-19(16)21-18/h4-9,11-13,17H,10H2,1-3H3,(H,20,21). The Morgan fingerprint density at radius 3 is 2.67 bits per heavy atom. The minimum atomic E-state index is 0.402. The van der Waals surface area contributed by atoms with E-state index in [9.17, 15) is 0 Å². The summed E-state index contributed by atoms with van der Waals surface area (Å²) >= 11 is 0. The van der Waals surface area contributed by atoms with Gasteiger partial charge in [0.1, 0.15) is 5.65 Å². The normalized spacial score (nSPS) is 13.0. The molecule has 0 saturated carbocycles. The number of benzene rings is 1. The Kier molecular flexibility index (Phi) is 3.78. The fourth-order valence-corrected chi connectivity index (χ4v) is 2.97. The minimum Gasteiger partial charge on any atom is -0.343 e. The Hall–Kier alpha value is -2.09. The van der Waals surface area contributed by atoms with Gasteiger partial charge in [-0.25, -0.2) is 4.98 Å². The fourth-order valence-electron chi connectivity index (χ4n) is 2.97. The van der Waals surface area contributed by atoms with Crippen LogP contribution in [0.4, 0.5) is 0 Å². The summed E-state index contributed by atoms with van der Waals surface area (Å²) in [6.45, 7) is 6.72. The Labute approximate surface area is 126 Å². The number of nitrogens with one attached hydrogen (secondary N) is 1. The molecule has 2 heteroatoms. The third-order valence-electron chi connectivity index (χ3n) is 3.94. The summed E-state index contributed by atoms with van der Waals surface area (Å²) in [6.07, 6.45) is 2.98. The quantitative estimate of drug-likeness (QED) is 0.711. The molecule has 1 N–H and O–H groups in total. The SMILES string of the molecule is Cc1cccc(C(CC(C)C)c2cc3cccnc3[nH]2)c1. The average molecular weight is 278 g/mol. The lowest BCUT2D eigenvalue weighted by molar-refractivity contribution is 0.536. The summed E-state index contributed by atoms with van der Waals surface area (Å²) < 4.78 is 0. The molecule has 2 heterocycles. The predicted octanol–water partition coefficient (Wildman–Crippen LogP) is 5.05. The summed E-state index contributed by atoms with van der Waals surface area (Å²) in [7, 11) is 0. The first-order valence-electron chi connectivity index (χ1n) is 7.63. The molecule has 0 aliphatic heterocycles. The largest absolute Gasteiger partial charge is 0.343 e. The van der Waals surface area contributed by atoms with E-state index < -0.39 is 0 Å². The average Bonchev–Trinajstić information content (AvgIpc) is 2.88. The van der Waals surface area contributed by atoms with E-state index >= 15 is 0 Å². The Morgan fingerprint density at radius 1 is 1.10 bits per heavy atom. The highest BCUT2D eigenvalue weighted by Crippen LogP contribution is 2.32. The molecule has 1 unspecified atom stereocenters. The lowest BCUT2D eigenvalue weighted by atomic mass is 9.87. The van der Waals surface area contributed by atoms with Crippen molar-refractivity contribution in [2.24, 2.45) is 5.92 Å². The molecule has 2 nitrogen and oxygen atoms in total. The smallest absolute Gasteiger partial charge is 0.137 e. The van der Waals surface area contributed by atoms with E-state index in [-0.39, 0.29) is 0 Å². The molecule has 108 valence electrons. The number of rotatable bonds is 4. The summed E-state index contributed by atoms with van der Waals surface area (Å²) in [6, 6.07) is 15.2. The van der Waals surface area contributed by atoms with Gasteiger partial charge in [-0.15, -0.1) is 0 Å². The Bertz CT molecular complexity index is 707. The van der Waals surface area contributed by atoms with E-state index in [1.807, 2.05) is 12.3 Å². The van der Waals surface area contributed by atoms with Crippen LogP contribution in [-0.2, 0) is 0 Å². The predicted molar refractivity (Wildman–Crippen MR) is 88.6 cm³/mol. The number of nitrogens with zero attached hydrogens (tertiary/aromatic N) is 1. The molecule has 21 heavy (non-hydrogen) atoms. The van der Waals surface area contributed by atoms with Crippen molar-refractivity contribution in [2.75, 3.05) is 0 Å². The molecule has 3 rings (SSSR count). The highest BCUT2D eigenvalue weighted by molar-refractivity contribution is 5.76. The van der Waals surface area contributed by atoms with E-state index in [0.29, 0.717) is 11.8 Å². The van der Waals surface area contributed by atoms with Crippen LogP contribution in [-0.4, -0.2) is 9.97 Å². The van der Waals surface area contributed by atoms with Gasteiger partial charge in [-0.1, -0.05) is 43.7 Å². The van der Waals surface area contributed by atoms with Gasteiger partial charge in [0.05, 0.1) is 0 Å². The number of aromatic amines is 1. The number of H-pyrrole nitrogens is 1. The number of pyridine rings is 1. The Balaban J connectivity index is 2.06. The lowest BCUT2D eigenvalue weighted by Gasteiger charge is -2.19. The fraction of sp³-hybridized carbons (Fsp3) is 0.316. The van der Waals surface area contributed by atoms with Gasteiger partial charge in [0, 0.05) is 23.2 Å². The van der Waals surface area contributed by atoms with Crippen LogP contribution in [0, 0.1) is 12.8 Å². The zero-order valence-corrected chi connectivity index (χ0v) is 12.9. The van der Waals surface area contributed by atoms with Crippen LogP contribution in [0.3, 0.4) is 0 Å². The topological polar surface area (TPSA) is 28.7 Å². The van der Waals surface area contributed by atoms with Crippen molar-refractivity contribution < 1.29 is 0 Å². The van der Waals surface area contributed by atoms with Crippen molar-refractivity contribution in [1.82, 2.24) is 9.97 Å². The summed E-state index contributed by atoms with van der Waals surface area (Å²) in [5.41, 5.74) is 4.95. The van der Waals surface area contributed by atoms with Crippen LogP contribution in [0.1, 0.15) is 43.0 Å². The maximum Gasteiger partial charge on any atom is 0.137 e. The highest BCUT2D eigenvalue weighted by Gasteiger charge is 2.18. The van der Waals surface area contributed by atoms with Crippen LogP contribution < -0.4 is 0 Å². The number of fused-ring (bicyclic) bond motifs is 1. The van der Waals surface area contributed by atoms with Crippen molar-refractivity contribution in [3.05, 3.63) is 65.5 Å². The molecule has 3 aromatic rings. The summed E-state index contributed by atoms with van der Waals surface area (Å²) in [5, 5.41) is 1.19. The van der Waals surface area contributed by atoms with E-state index in [0.717, 1.165) is 12.1 Å². The van der Waals surface area contributed by atoms with Gasteiger partial charge in [0.25, 0.3) is 0 Å². The number of aryl methyl sites for hydroxylation is 1. The van der Waals surface area contributed by atoms with Gasteiger partial charge in [-0.2, -0.15) is 0 Å². The van der Waals surface area contributed by atoms with E-state index in [4.69, 9.17) is 0 Å². The zero-order chi connectivity index (χ0) is 14.8. The molecule has 0 amide bonds. The van der Waals surface area contributed by atoms with Crippen LogP contribution in [0.25, 0.3) is 11.0 Å². The highest BCUT2D eigenvalue weighted by atomic mass is 14.9. The number of aromatic nitrogens is 2. The van der Waals surface area contributed by atoms with Crippen LogP contribution in [0.5, 0.6) is 0 Å². The molecule has 2 aromatic heterocycles. The van der Waals surface area contributed by atoms with Gasteiger partial charge in [-0.3, -0.25) is 0 Å². The first-order valence-corrected chi connectivity index (χ1v) is 7.63. The van der Waals surface area contributed by atoms with Gasteiger partial charge in [-0.05, 0) is 43.0 Å². The van der Waals surface area contributed by atoms with Crippen molar-refractivity contribution in [3.8, 4) is 0 Å². The van der Waals surface area contributed by atoms with E-state index in [2.05, 4.69) is 67.1 Å². The van der Waals surface area contributed by atoms with Crippen LogP contribution >= 0.6 is 0 Å². The molecular formula is C19H22N2. The molecule has 0 aliphatic rings. The van der Waals surface area contributed by atoms with Gasteiger partial charge < -0.3 is 4.98 Å². The third kappa shape index (κ3) is 2.99. The molecule has 0 aliphatic carbocycles. The Morgan fingerprint density at radius 2 is 1.95 bits per heavy atom. The monoisotopic (exact) mass is 278 g/mol. The minimum absolute atomic E-state index is 0.402. The van der Waals surface area contributed by atoms with Crippen molar-refractivity contribution >= 4 is 11.0 Å². The molecular weight excluding hydrogens is 256 g/mol. The number of hydrogen-bond donors (Lipinski definition) is 1. The summed E-state index contributed by atoms with van der Waals surface area (Å²) in [4.78, 5) is 7.93. The maximum atomic E-state index is 4.42. The molecule has 0 saturated heterocycles. The second kappa shape index (κ2) is 5.72. The molecule has 0 bridgehead atoms. The number of hydrogen-bond acceptors (Lipinski definition) is 1. The van der Waals surface area contributed by atoms with Gasteiger partial charge >= 0.3 is 0 Å². The second-order valence-corrected chi connectivity index (χ2v) is 6.26. The second-order valence-electron chi connectivity index (χ2n) is 6.26. The van der Waals surface area contributed by atoms with Crippen LogP contribution in [0.2, 0.25) is 0 Å². The molecule has 0 spiro atoms. The molecule has 0 fully saturated rings. The first kappa shape index (κ1) is 13.9. The maximum absolute atomic E-state index is 4.42. The first-order chi connectivity index (χ1) is 10.1. The van der Waals surface area contributed by atoms with Crippen molar-refractivity contribution in [2.45, 2.75) is 33.1 Å². The summed E-state index contributed by atoms with van der Waals surface area (Å²) in [5.74, 6) is 1.05.